The molecule has 0 unspecified atom stereocenters. The fourth-order valence-electron chi connectivity index (χ4n) is 3.88. The molecule has 178 valence electrons. The molecule has 1 saturated heterocycles. The van der Waals surface area contributed by atoms with Crippen molar-refractivity contribution in [3.8, 4) is 5.75 Å². The van der Waals surface area contributed by atoms with Crippen LogP contribution in [-0.4, -0.2) is 30.1 Å². The van der Waals surface area contributed by atoms with Crippen LogP contribution >= 0.6 is 0 Å². The van der Waals surface area contributed by atoms with E-state index in [-0.39, 0.29) is 11.3 Å². The molecule has 1 aliphatic rings. The molecule has 33 heavy (non-hydrogen) atoms. The van der Waals surface area contributed by atoms with Crippen LogP contribution in [0.3, 0.4) is 0 Å². The summed E-state index contributed by atoms with van der Waals surface area (Å²) in [6.07, 6.45) is -1.35. The van der Waals surface area contributed by atoms with Crippen molar-refractivity contribution in [2.24, 2.45) is 11.7 Å². The van der Waals surface area contributed by atoms with Gasteiger partial charge in [0.15, 0.2) is 11.6 Å². The van der Waals surface area contributed by atoms with Crippen LogP contribution < -0.4 is 15.8 Å². The van der Waals surface area contributed by atoms with Gasteiger partial charge in [-0.25, -0.2) is 8.78 Å². The predicted octanol–water partition coefficient (Wildman–Crippen LogP) is 4.34. The Morgan fingerprint density at radius 1 is 1.12 bits per heavy atom. The third kappa shape index (κ3) is 4.77. The number of halogens is 5. The summed E-state index contributed by atoms with van der Waals surface area (Å²) in [4.78, 5) is 24.5. The lowest BCUT2D eigenvalue weighted by atomic mass is 9.78. The average molecular weight is 472 g/mol. The molecule has 1 aliphatic heterocycles. The van der Waals surface area contributed by atoms with Gasteiger partial charge in [0.1, 0.15) is 11.9 Å². The normalized spacial score (nSPS) is 21.8. The maximum Gasteiger partial charge on any atom is 0.387 e. The first kappa shape index (κ1) is 24.4. The van der Waals surface area contributed by atoms with Crippen LogP contribution in [-0.2, 0) is 9.53 Å². The molecule has 1 fully saturated rings. The first-order valence-corrected chi connectivity index (χ1v) is 9.84. The maximum absolute atomic E-state index is 14.4. The minimum absolute atomic E-state index is 0.0178. The van der Waals surface area contributed by atoms with E-state index in [1.54, 1.807) is 20.8 Å². The Hall–Kier alpha value is -3.21. The number of nitrogens with one attached hydrogen (secondary N) is 1. The van der Waals surface area contributed by atoms with Crippen LogP contribution in [0.25, 0.3) is 0 Å². The van der Waals surface area contributed by atoms with Gasteiger partial charge in [0, 0.05) is 17.2 Å². The van der Waals surface area contributed by atoms with Crippen LogP contribution in [0.15, 0.2) is 30.3 Å². The zero-order valence-electron chi connectivity index (χ0n) is 17.8. The third-order valence-corrected chi connectivity index (χ3v) is 5.80. The first-order valence-electron chi connectivity index (χ1n) is 9.84. The van der Waals surface area contributed by atoms with Gasteiger partial charge in [0.2, 0.25) is 5.82 Å². The number of nitrogens with two attached hydrogens (primary N) is 1. The van der Waals surface area contributed by atoms with Crippen molar-refractivity contribution in [2.45, 2.75) is 45.0 Å². The molecule has 3 N–H and O–H groups in total. The fourth-order valence-corrected chi connectivity index (χ4v) is 3.88. The smallest absolute Gasteiger partial charge is 0.387 e. The van der Waals surface area contributed by atoms with E-state index in [1.807, 2.05) is 0 Å². The Bertz CT molecular complexity index is 1090. The number of hydrogen-bond donors (Lipinski definition) is 2. The molecule has 11 heteroatoms. The Balaban J connectivity index is 2.02. The van der Waals surface area contributed by atoms with Gasteiger partial charge in [-0.2, -0.15) is 13.2 Å². The molecule has 1 heterocycles. The van der Waals surface area contributed by atoms with E-state index < -0.39 is 70.7 Å². The summed E-state index contributed by atoms with van der Waals surface area (Å²) < 4.78 is 77.8. The summed E-state index contributed by atoms with van der Waals surface area (Å²) in [5, 5.41) is 2.46. The Labute approximate surface area is 185 Å². The molecular weight excluding hydrogens is 451 g/mol. The van der Waals surface area contributed by atoms with Gasteiger partial charge < -0.3 is 20.5 Å². The molecule has 0 spiro atoms. The topological polar surface area (TPSA) is 90.6 Å². The zero-order chi connectivity index (χ0) is 24.7. The summed E-state index contributed by atoms with van der Waals surface area (Å²) in [5.41, 5.74) is 3.52. The van der Waals surface area contributed by atoms with Crippen molar-refractivity contribution in [1.82, 2.24) is 0 Å². The van der Waals surface area contributed by atoms with Crippen LogP contribution in [0, 0.1) is 23.4 Å². The Morgan fingerprint density at radius 2 is 1.76 bits per heavy atom. The van der Waals surface area contributed by atoms with Crippen molar-refractivity contribution in [2.75, 3.05) is 5.32 Å². The Kier molecular flexibility index (Phi) is 6.64. The van der Waals surface area contributed by atoms with E-state index in [4.69, 9.17) is 10.5 Å². The molecule has 3 rings (SSSR count). The van der Waals surface area contributed by atoms with Gasteiger partial charge in [-0.1, -0.05) is 13.0 Å². The van der Waals surface area contributed by atoms with E-state index in [0.717, 1.165) is 24.3 Å². The standard InChI is InChI=1S/C22H21F5N2O4/c1-9-15(11-5-7-14(24)16(25)17(11)32-21(26)27)18(33-22(9,2)3)20(31)29-10-4-6-13(23)12(8-10)19(28)30/h4-9,15,18,21H,1-3H3,(H2,28,30)(H,29,31)/t9-,15-,18+/m1/s1. The number of hydrogen-bond acceptors (Lipinski definition) is 4. The number of carbonyl (C=O) groups excluding carboxylic acids is 2. The van der Waals surface area contributed by atoms with Gasteiger partial charge in [0.05, 0.1) is 11.2 Å². The van der Waals surface area contributed by atoms with Crippen molar-refractivity contribution in [1.29, 1.82) is 0 Å². The lowest BCUT2D eigenvalue weighted by Crippen LogP contribution is -2.33. The highest BCUT2D eigenvalue weighted by Crippen LogP contribution is 2.49. The van der Waals surface area contributed by atoms with E-state index in [1.165, 1.54) is 6.07 Å². The molecule has 0 saturated carbocycles. The average Bonchev–Trinajstić information content (AvgIpc) is 2.96. The second-order valence-corrected chi connectivity index (χ2v) is 8.16. The number of primary amides is 1. The summed E-state index contributed by atoms with van der Waals surface area (Å²) in [7, 11) is 0. The monoisotopic (exact) mass is 472 g/mol. The summed E-state index contributed by atoms with van der Waals surface area (Å²) in [5.74, 6) is -8.30. The number of rotatable bonds is 6. The molecule has 2 amide bonds. The highest BCUT2D eigenvalue weighted by Gasteiger charge is 2.51. The van der Waals surface area contributed by atoms with Gasteiger partial charge in [-0.3, -0.25) is 9.59 Å². The van der Waals surface area contributed by atoms with Crippen molar-refractivity contribution in [3.63, 3.8) is 0 Å². The van der Waals surface area contributed by atoms with Crippen molar-refractivity contribution < 1.29 is 41.0 Å². The molecule has 3 atom stereocenters. The van der Waals surface area contributed by atoms with Gasteiger partial charge in [-0.05, 0) is 44.0 Å². The summed E-state index contributed by atoms with van der Waals surface area (Å²) in [6.45, 7) is 1.52. The van der Waals surface area contributed by atoms with Crippen molar-refractivity contribution >= 4 is 17.5 Å². The number of anilines is 1. The second-order valence-electron chi connectivity index (χ2n) is 8.16. The van der Waals surface area contributed by atoms with Crippen molar-refractivity contribution in [3.05, 3.63) is 58.9 Å². The molecular formula is C22H21F5N2O4. The predicted molar refractivity (Wildman–Crippen MR) is 107 cm³/mol. The molecule has 0 aromatic heterocycles. The van der Waals surface area contributed by atoms with Crippen LogP contribution in [0.5, 0.6) is 5.75 Å². The highest BCUT2D eigenvalue weighted by molar-refractivity contribution is 5.98. The fraction of sp³-hybridized carbons (Fsp3) is 0.364. The van der Waals surface area contributed by atoms with Crippen LogP contribution in [0.2, 0.25) is 0 Å². The first-order chi connectivity index (χ1) is 15.3. The number of benzene rings is 2. The van der Waals surface area contributed by atoms with Gasteiger partial charge >= 0.3 is 6.61 Å². The lowest BCUT2D eigenvalue weighted by Gasteiger charge is -2.26. The summed E-state index contributed by atoms with van der Waals surface area (Å²) >= 11 is 0. The third-order valence-electron chi connectivity index (χ3n) is 5.80. The maximum atomic E-state index is 14.4. The van der Waals surface area contributed by atoms with E-state index in [9.17, 15) is 31.5 Å². The molecule has 2 aromatic carbocycles. The quantitative estimate of drug-likeness (QED) is 0.612. The number of amides is 2. The molecule has 0 bridgehead atoms. The minimum atomic E-state index is -3.44. The molecule has 0 aliphatic carbocycles. The molecule has 0 radical (unpaired) electrons. The van der Waals surface area contributed by atoms with Gasteiger partial charge in [0.25, 0.3) is 11.8 Å². The van der Waals surface area contributed by atoms with Gasteiger partial charge in [-0.15, -0.1) is 0 Å². The molecule has 2 aromatic rings. The lowest BCUT2D eigenvalue weighted by molar-refractivity contribution is -0.131. The van der Waals surface area contributed by atoms with E-state index in [0.29, 0.717) is 0 Å². The number of carbonyl (C=O) groups is 2. The Morgan fingerprint density at radius 3 is 2.36 bits per heavy atom. The molecule has 6 nitrogen and oxygen atoms in total. The largest absolute Gasteiger partial charge is 0.431 e. The zero-order valence-corrected chi connectivity index (χ0v) is 17.8. The minimum Gasteiger partial charge on any atom is -0.431 e. The number of ether oxygens (including phenoxy) is 2. The van der Waals surface area contributed by atoms with Crippen LogP contribution in [0.4, 0.5) is 27.6 Å². The highest BCUT2D eigenvalue weighted by atomic mass is 19.3. The number of alkyl halides is 2. The summed E-state index contributed by atoms with van der Waals surface area (Å²) in [6, 6.07) is 4.94. The SMILES string of the molecule is C[C@@H]1[C@H](c2ccc(F)c(F)c2OC(F)F)[C@@H](C(=O)Nc2ccc(F)c(C(N)=O)c2)OC1(C)C. The van der Waals surface area contributed by atoms with E-state index in [2.05, 4.69) is 10.1 Å². The second kappa shape index (κ2) is 8.97. The van der Waals surface area contributed by atoms with Crippen LogP contribution in [0.1, 0.15) is 42.6 Å². The van der Waals surface area contributed by atoms with E-state index >= 15 is 0 Å².